The SMILES string of the molecule is [3H]C1CC(=O)N(CCCCCC(=O)C[C@H](C(=O)N[C@@H](CCCNC(N)=O)C(=O)Cc2ccc(COC(=O)CCc3ccc(C(C)(C)[C@H](NC)C(=O)N[C@H](C(=O)N(C)[C@H](/C=C(\C)C(=O)NS(=O)(=O)Cc4ccccc4)C(C)C)C(C)(C)C)cc3)cc2)C(C)C)C1=O.[3H]CC(=O)C1CCC(CN2C(=O)CC(SSCCOc3cccc(C(C)(C)[C@H](NC)C(=O)N[C@H](C(=O)N(C)[C@H](/C=C(\C)C(=O)O)C(C)C)C(C)(C)C)c3)C2=O)CC1. The standard InChI is InChI=1S/C67H96N8O13S.C42H64N4O8S2/c1-43(2)52(40-51(76)22-17-14-18-37-75-56(78)33-34-57(75)79)62(82)71-53(23-19-36-70-65(68)85)55(77)39-47-24-26-48(27-25-47)41-88-58(80)35-30-46-28-31-50(32-29-46)67(9,10)59(69-11)63(83)72-60(66(6,7)8)64(84)74(12)54(44(3)4)38-45(5)61(81)73-89(86,87)42-49-20-15-13-16-21-49;1-25(2)32(21-26(3)40(52)53)45(11)39(51)36(41(5,6)7)44-37(49)35(43-10)42(8,9)30-13-12-14-31(22-30)54-19-20-55-56-33-23-34(48)46(38(33)50)24-28-15-17-29(18-16-28)27(4)47/h13,15-16,20-21,24-29,31-32,38,43-44,52-54,59-60,69H,14,17-19,22-23,30,33-37,39-42H2,1-12H3,(H,71,82)(H,72,83)(H,73,81)(H3,68,70,85);12-14,21-22,25,28-29,32-33,35-36,43H,15-20,23-24H2,1-11H3,(H,44,49)(H,52,53)/b45-38+;26-21+/t52-,53-,54+,59+,60+;28?,29?,32-,33?,35-,36-/m01/s1/i33T;4T/t33?,52-,53-,54+,59+,60+;m. The van der Waals surface area contributed by atoms with Crippen molar-refractivity contribution >= 4 is 126 Å². The van der Waals surface area contributed by atoms with Gasteiger partial charge in [-0.15, -0.1) is 0 Å². The molecule has 10 N–H and O–H groups in total. The summed E-state index contributed by atoms with van der Waals surface area (Å²) in [5.74, 6) is -6.13. The van der Waals surface area contributed by atoms with Crippen molar-refractivity contribution in [2.75, 3.05) is 60.2 Å². The van der Waals surface area contributed by atoms with E-state index in [-0.39, 0.29) is 165 Å². The molecule has 145 heavy (non-hydrogen) atoms. The lowest BCUT2D eigenvalue weighted by atomic mass is 9.76. The van der Waals surface area contributed by atoms with Crippen molar-refractivity contribution in [3.63, 3.8) is 0 Å². The molecule has 2 aliphatic heterocycles. The predicted octanol–water partition coefficient (Wildman–Crippen LogP) is 12.7. The van der Waals surface area contributed by atoms with Gasteiger partial charge in [-0.2, -0.15) is 0 Å². The fraction of sp³-hybridized carbons (Fsp3) is 0.596. The monoisotopic (exact) mass is 2070 g/mol. The van der Waals surface area contributed by atoms with Crippen molar-refractivity contribution in [1.82, 2.24) is 56.2 Å². The van der Waals surface area contributed by atoms with E-state index >= 15 is 0 Å². The van der Waals surface area contributed by atoms with Crippen molar-refractivity contribution in [1.29, 1.82) is 0 Å². The first kappa shape index (κ1) is 119. The van der Waals surface area contributed by atoms with Crippen LogP contribution in [0, 0.1) is 46.3 Å². The highest BCUT2D eigenvalue weighted by Crippen LogP contribution is 2.39. The van der Waals surface area contributed by atoms with E-state index in [1.165, 1.54) is 50.1 Å². The minimum Gasteiger partial charge on any atom is -0.493 e. The molecule has 33 nitrogen and oxygen atoms in total. The van der Waals surface area contributed by atoms with E-state index in [4.69, 9.17) is 17.9 Å². The summed E-state index contributed by atoms with van der Waals surface area (Å²) in [5, 5.41) is 26.8. The van der Waals surface area contributed by atoms with Crippen LogP contribution in [0.2, 0.25) is 0 Å². The van der Waals surface area contributed by atoms with Crippen molar-refractivity contribution in [2.24, 2.45) is 52.1 Å². The number of amides is 12. The summed E-state index contributed by atoms with van der Waals surface area (Å²) < 4.78 is 54.6. The Kier molecular flexibility index (Phi) is 46.7. The quantitative estimate of drug-likeness (QED) is 0.00652. The minimum absolute atomic E-state index is 0.0158. The maximum Gasteiger partial charge on any atom is 0.331 e. The number of carbonyl (C=O) groups excluding carboxylic acids is 15. The van der Waals surface area contributed by atoms with Crippen LogP contribution < -0.4 is 47.1 Å². The van der Waals surface area contributed by atoms with Gasteiger partial charge < -0.3 is 62.0 Å². The highest BCUT2D eigenvalue weighted by atomic mass is 33.1. The van der Waals surface area contributed by atoms with Gasteiger partial charge in [0.05, 0.1) is 42.6 Å². The largest absolute Gasteiger partial charge is 0.493 e. The maximum atomic E-state index is 14.5. The molecule has 0 radical (unpaired) electrons. The number of likely N-dealkylation sites (N-methyl/N-ethyl adjacent to an activating group) is 4. The third-order valence-corrected chi connectivity index (χ3v) is 31.0. The number of ketones is 3. The Morgan fingerprint density at radius 3 is 1.70 bits per heavy atom. The highest BCUT2D eigenvalue weighted by molar-refractivity contribution is 8.77. The van der Waals surface area contributed by atoms with Crippen LogP contribution in [0.1, 0.15) is 264 Å². The number of rotatable bonds is 55. The van der Waals surface area contributed by atoms with Crippen molar-refractivity contribution in [2.45, 2.75) is 311 Å². The van der Waals surface area contributed by atoms with Crippen LogP contribution in [0.5, 0.6) is 5.75 Å². The van der Waals surface area contributed by atoms with Gasteiger partial charge in [-0.3, -0.25) is 76.9 Å². The van der Waals surface area contributed by atoms with Gasteiger partial charge in [0.15, 0.2) is 5.78 Å². The number of benzene rings is 4. The lowest BCUT2D eigenvalue weighted by molar-refractivity contribution is -0.145. The van der Waals surface area contributed by atoms with E-state index < -0.39 is 139 Å². The van der Waals surface area contributed by atoms with Gasteiger partial charge in [-0.1, -0.05) is 242 Å². The normalized spacial score (nSPS) is 17.9. The third-order valence-electron chi connectivity index (χ3n) is 27.2. The number of urea groups is 1. The number of hydrogen-bond acceptors (Lipinski definition) is 24. The summed E-state index contributed by atoms with van der Waals surface area (Å²) in [4.78, 5) is 214. The predicted molar refractivity (Wildman–Crippen MR) is 564 cm³/mol. The molecule has 3 fully saturated rings. The number of primary amides is 1. The van der Waals surface area contributed by atoms with E-state index in [0.717, 1.165) is 34.4 Å². The van der Waals surface area contributed by atoms with Crippen molar-refractivity contribution in [3.05, 3.63) is 160 Å². The number of hydrogen-bond donors (Lipinski definition) is 9. The second-order valence-electron chi connectivity index (χ2n) is 42.6. The number of carbonyl (C=O) groups is 16. The number of Topliss-reactive ketones (excluding diaryl/α,β-unsaturated/α-hetero) is 3. The van der Waals surface area contributed by atoms with Gasteiger partial charge >= 0.3 is 18.0 Å². The van der Waals surface area contributed by atoms with E-state index in [1.54, 1.807) is 94.9 Å². The number of unbranched alkanes of at least 4 members (excludes halogenated alkanes) is 2. The second-order valence-corrected chi connectivity index (χ2v) is 47.0. The summed E-state index contributed by atoms with van der Waals surface area (Å²) >= 11 is 0. The molecule has 36 heteroatoms. The molecule has 3 aliphatic rings. The summed E-state index contributed by atoms with van der Waals surface area (Å²) in [6.07, 6.45) is 7.84. The number of nitrogens with one attached hydrogen (secondary N) is 7. The molecule has 0 bridgehead atoms. The fourth-order valence-electron chi connectivity index (χ4n) is 18.1. The molecule has 4 aromatic rings. The third kappa shape index (κ3) is 38.1. The number of aryl methyl sites for hydroxylation is 1. The Labute approximate surface area is 868 Å². The number of nitrogens with two attached hydrogens (primary N) is 1. The number of carboxylic acid groups (broad SMARTS) is 1. The molecule has 0 aromatic heterocycles. The van der Waals surface area contributed by atoms with Crippen LogP contribution in [0.15, 0.2) is 126 Å². The van der Waals surface area contributed by atoms with Crippen LogP contribution in [0.25, 0.3) is 0 Å². The first-order valence-electron chi connectivity index (χ1n) is 51.4. The molecule has 2 heterocycles. The second kappa shape index (κ2) is 56.8. The Balaban J connectivity index is 0.000000497. The fourth-order valence-corrected chi connectivity index (χ4v) is 21.5. The van der Waals surface area contributed by atoms with Crippen LogP contribution >= 0.6 is 21.6 Å². The molecule has 7 rings (SSSR count). The Morgan fingerprint density at radius 1 is 0.621 bits per heavy atom. The smallest absolute Gasteiger partial charge is 0.331 e. The average molecular weight is 2070 g/mol. The van der Waals surface area contributed by atoms with E-state index in [0.29, 0.717) is 86.3 Å². The maximum absolute atomic E-state index is 14.5. The van der Waals surface area contributed by atoms with Crippen LogP contribution in [0.3, 0.4) is 0 Å². The zero-order valence-corrected chi connectivity index (χ0v) is 91.3. The molecule has 12 amide bonds. The topological polar surface area (TPSA) is 469 Å². The van der Waals surface area contributed by atoms with E-state index in [9.17, 15) is 90.2 Å². The van der Waals surface area contributed by atoms with Gasteiger partial charge in [0.25, 0.3) is 5.91 Å². The lowest BCUT2D eigenvalue weighted by Crippen LogP contribution is -2.61. The van der Waals surface area contributed by atoms with E-state index in [1.807, 2.05) is 159 Å². The van der Waals surface area contributed by atoms with Gasteiger partial charge in [0.1, 0.15) is 41.3 Å². The van der Waals surface area contributed by atoms with Crippen LogP contribution in [0.4, 0.5) is 4.79 Å². The molecule has 2 unspecified atom stereocenters. The van der Waals surface area contributed by atoms with Crippen molar-refractivity contribution in [3.8, 4) is 5.75 Å². The zero-order valence-electron chi connectivity index (χ0n) is 90.8. The summed E-state index contributed by atoms with van der Waals surface area (Å²) in [6, 6.07) is 24.3. The number of nitrogens with zero attached hydrogens (tertiary/aromatic N) is 4. The number of carboxylic acids is 1. The zero-order chi connectivity index (χ0) is 110. The Hall–Kier alpha value is -11.0. The molecule has 1 aliphatic carbocycles. The van der Waals surface area contributed by atoms with Gasteiger partial charge in [-0.25, -0.2) is 22.7 Å². The van der Waals surface area contributed by atoms with Gasteiger partial charge in [0.2, 0.25) is 63.2 Å². The average Bonchev–Trinajstić information content (AvgIpc) is 1.41. The number of sulfonamides is 1. The summed E-state index contributed by atoms with van der Waals surface area (Å²) in [7, 11) is 5.45. The molecule has 2 saturated heterocycles. The molecule has 1 saturated carbocycles. The van der Waals surface area contributed by atoms with E-state index in [2.05, 4.69) is 36.6 Å². The van der Waals surface area contributed by atoms with Gasteiger partial charge in [0, 0.05) is 121 Å². The number of likely N-dealkylation sites (tertiary alicyclic amines) is 2. The lowest BCUT2D eigenvalue weighted by Gasteiger charge is -2.40. The highest BCUT2D eigenvalue weighted by Gasteiger charge is 2.46. The Morgan fingerprint density at radius 2 is 1.18 bits per heavy atom. The molecule has 10 atom stereocenters. The first-order valence-corrected chi connectivity index (χ1v) is 54.1. The molecule has 800 valence electrons. The molecular weight excluding hydrogens is 1910 g/mol. The van der Waals surface area contributed by atoms with Gasteiger partial charge in [-0.05, 0) is 173 Å². The van der Waals surface area contributed by atoms with Crippen LogP contribution in [-0.4, -0.2) is 235 Å². The first-order chi connectivity index (χ1) is 68.8. The number of esters is 1. The number of ether oxygens (including phenoxy) is 2. The molecule has 4 aromatic carbocycles. The molecular formula is C109H160N12O21S3. The Bertz CT molecular complexity index is 5390. The van der Waals surface area contributed by atoms with Crippen LogP contribution in [-0.2, 0) is 123 Å². The summed E-state index contributed by atoms with van der Waals surface area (Å²) in [6.45, 7) is 34.0. The summed E-state index contributed by atoms with van der Waals surface area (Å²) in [5.41, 5.74) is 6.87. The number of imide groups is 2. The number of aliphatic carboxylic acids is 1. The molecule has 0 spiro atoms. The minimum atomic E-state index is -4.02. The van der Waals surface area contributed by atoms with Crippen molar-refractivity contribution < 1.29 is 102 Å².